The molecule has 0 saturated heterocycles. The standard InChI is InChI=1S/C77H33F6N11/c78-76(79,80)57-11-18-62(69(33-57)77(81,82)83)52-6-17-64(75(32-52)94-72-21-9-50(60-14-3-45(36-86)25-55(60)41-91)30-67(72)68-31-51(10-22-73(68)94)61-15-4-46(37-87)26-56(61)42-92)63-16-5-47(38-88)27-74(63)93-70-19-7-48(58-12-1-43(34-84)23-53(58)39-89)28-65(70)66-29-49(8-20-71(66)93)59-13-2-44(35-85)24-54(59)40-90/h1-33H. The molecule has 0 unspecified atom stereocenters. The zero-order valence-corrected chi connectivity index (χ0v) is 48.2. The second-order valence-corrected chi connectivity index (χ2v) is 21.9. The minimum Gasteiger partial charge on any atom is -0.309 e. The van der Waals surface area contributed by atoms with Crippen molar-refractivity contribution < 1.29 is 26.3 Å². The quantitative estimate of drug-likeness (QED) is 0.132. The fraction of sp³-hybridized carbons (Fsp3) is 0.0260. The summed E-state index contributed by atoms with van der Waals surface area (Å²) in [4.78, 5) is 0. The smallest absolute Gasteiger partial charge is 0.309 e. The number of benzene rings is 11. The highest BCUT2D eigenvalue weighted by Crippen LogP contribution is 2.48. The summed E-state index contributed by atoms with van der Waals surface area (Å²) in [5, 5.41) is 93.6. The number of alkyl halides is 6. The average Bonchev–Trinajstić information content (AvgIpc) is 1.53. The van der Waals surface area contributed by atoms with Gasteiger partial charge in [-0.05, 0) is 183 Å². The molecule has 11 aromatic carbocycles. The molecule has 0 fully saturated rings. The first-order valence-corrected chi connectivity index (χ1v) is 28.4. The monoisotopic (exact) mass is 1230 g/mol. The molecule has 0 bridgehead atoms. The van der Waals surface area contributed by atoms with Crippen molar-refractivity contribution in [3.05, 3.63) is 261 Å². The van der Waals surface area contributed by atoms with E-state index in [0.717, 1.165) is 6.07 Å². The van der Waals surface area contributed by atoms with Crippen LogP contribution in [0.3, 0.4) is 0 Å². The van der Waals surface area contributed by atoms with Crippen molar-refractivity contribution in [1.29, 1.82) is 47.4 Å². The molecule has 0 radical (unpaired) electrons. The van der Waals surface area contributed by atoms with Crippen LogP contribution in [0.2, 0.25) is 0 Å². The number of aromatic nitrogens is 2. The van der Waals surface area contributed by atoms with Gasteiger partial charge in [0.1, 0.15) is 0 Å². The third kappa shape index (κ3) is 10.0. The van der Waals surface area contributed by atoms with E-state index in [1.54, 1.807) is 114 Å². The molecule has 17 heteroatoms. The number of fused-ring (bicyclic) bond motifs is 6. The van der Waals surface area contributed by atoms with E-state index in [-0.39, 0.29) is 67.4 Å². The Bertz CT molecular complexity index is 5650. The first kappa shape index (κ1) is 59.0. The second-order valence-electron chi connectivity index (χ2n) is 21.9. The van der Waals surface area contributed by atoms with Crippen LogP contribution in [0.25, 0.3) is 122 Å². The zero-order valence-electron chi connectivity index (χ0n) is 48.2. The molecule has 94 heavy (non-hydrogen) atoms. The zero-order chi connectivity index (χ0) is 65.9. The van der Waals surface area contributed by atoms with Gasteiger partial charge in [-0.25, -0.2) is 0 Å². The van der Waals surface area contributed by atoms with Crippen LogP contribution < -0.4 is 0 Å². The molecule has 2 heterocycles. The van der Waals surface area contributed by atoms with E-state index in [2.05, 4.69) is 54.6 Å². The number of rotatable bonds is 8. The van der Waals surface area contributed by atoms with Crippen LogP contribution in [0, 0.1) is 102 Å². The molecule has 0 saturated carbocycles. The highest BCUT2D eigenvalue weighted by Gasteiger charge is 2.39. The predicted octanol–water partition coefficient (Wildman–Crippen LogP) is 18.8. The summed E-state index contributed by atoms with van der Waals surface area (Å²) in [6, 6.07) is 70.4. The van der Waals surface area contributed by atoms with Crippen LogP contribution in [-0.2, 0) is 12.4 Å². The normalized spacial score (nSPS) is 11.2. The molecule has 13 aromatic rings. The van der Waals surface area contributed by atoms with Crippen molar-refractivity contribution in [3.63, 3.8) is 0 Å². The molecule has 0 amide bonds. The summed E-state index contributed by atoms with van der Waals surface area (Å²) >= 11 is 0. The second kappa shape index (κ2) is 22.9. The van der Waals surface area contributed by atoms with Crippen molar-refractivity contribution >= 4 is 43.6 Å². The van der Waals surface area contributed by atoms with E-state index >= 15 is 13.2 Å². The van der Waals surface area contributed by atoms with Gasteiger partial charge in [-0.2, -0.15) is 73.7 Å². The van der Waals surface area contributed by atoms with Gasteiger partial charge < -0.3 is 9.13 Å². The molecule has 0 N–H and O–H groups in total. The van der Waals surface area contributed by atoms with Gasteiger partial charge in [0.05, 0.1) is 149 Å². The van der Waals surface area contributed by atoms with Gasteiger partial charge >= 0.3 is 12.4 Å². The van der Waals surface area contributed by atoms with Gasteiger partial charge in [-0.1, -0.05) is 72.8 Å². The lowest BCUT2D eigenvalue weighted by atomic mass is 9.92. The first-order chi connectivity index (χ1) is 45.4. The number of hydrogen-bond donors (Lipinski definition) is 0. The lowest BCUT2D eigenvalue weighted by molar-refractivity contribution is -0.142. The topological polar surface area (TPSA) is 224 Å². The number of nitrogens with zero attached hydrogens (tertiary/aromatic N) is 11. The minimum atomic E-state index is -5.29. The SMILES string of the molecule is N#Cc1ccc(-c2ccc3c(c2)c2cc(-c4ccc(C#N)cc4C#N)ccc2n3-c2cc(C#N)ccc2-c2ccc(-c3ccc(C(F)(F)F)cc3C(F)(F)F)cc2-n2c3ccc(-c4ccc(C#N)cc4C#N)cc3c3cc(-c4ccc(C#N)cc4C#N)ccc32)c(C#N)c1. The molecule has 0 spiro atoms. The van der Waals surface area contributed by atoms with E-state index in [9.17, 15) is 60.5 Å². The summed E-state index contributed by atoms with van der Waals surface area (Å²) in [6.07, 6.45) is -10.4. The third-order valence-corrected chi connectivity index (χ3v) is 16.7. The Kier molecular flexibility index (Phi) is 14.4. The summed E-state index contributed by atoms with van der Waals surface area (Å²) in [5.41, 5.74) is 5.63. The van der Waals surface area contributed by atoms with Gasteiger partial charge in [0.15, 0.2) is 0 Å². The highest BCUT2D eigenvalue weighted by molar-refractivity contribution is 6.14. The maximum absolute atomic E-state index is 15.4. The Morgan fingerprint density at radius 1 is 0.245 bits per heavy atom. The number of halogens is 6. The molecule has 0 aliphatic carbocycles. The maximum Gasteiger partial charge on any atom is 0.417 e. The van der Waals surface area contributed by atoms with E-state index in [0.29, 0.717) is 111 Å². The predicted molar refractivity (Wildman–Crippen MR) is 340 cm³/mol. The molecule has 11 nitrogen and oxygen atoms in total. The lowest BCUT2D eigenvalue weighted by Crippen LogP contribution is -2.12. The summed E-state index contributed by atoms with van der Waals surface area (Å²) < 4.78 is 92.8. The fourth-order valence-corrected chi connectivity index (χ4v) is 12.4. The van der Waals surface area contributed by atoms with Crippen LogP contribution in [0.5, 0.6) is 0 Å². The molecular weight excluding hydrogens is 1190 g/mol. The van der Waals surface area contributed by atoms with E-state index in [4.69, 9.17) is 0 Å². The average molecular weight is 1230 g/mol. The maximum atomic E-state index is 15.4. The summed E-state index contributed by atoms with van der Waals surface area (Å²) in [7, 11) is 0. The van der Waals surface area contributed by atoms with Gasteiger partial charge in [-0.3, -0.25) is 0 Å². The van der Waals surface area contributed by atoms with Gasteiger partial charge in [0, 0.05) is 32.7 Å². The van der Waals surface area contributed by atoms with Crippen LogP contribution in [-0.4, -0.2) is 9.13 Å². The van der Waals surface area contributed by atoms with Crippen molar-refractivity contribution in [2.45, 2.75) is 12.4 Å². The van der Waals surface area contributed by atoms with Crippen molar-refractivity contribution in [2.75, 3.05) is 0 Å². The molecular formula is C77H33F6N11. The van der Waals surface area contributed by atoms with Crippen LogP contribution in [0.4, 0.5) is 26.3 Å². The Morgan fingerprint density at radius 2 is 0.521 bits per heavy atom. The molecule has 0 aliphatic rings. The minimum absolute atomic E-state index is 0.0759. The molecule has 13 rings (SSSR count). The Morgan fingerprint density at radius 3 is 0.830 bits per heavy atom. The van der Waals surface area contributed by atoms with E-state index < -0.39 is 29.0 Å². The lowest BCUT2D eigenvalue weighted by Gasteiger charge is -2.21. The number of nitriles is 9. The third-order valence-electron chi connectivity index (χ3n) is 16.7. The van der Waals surface area contributed by atoms with Crippen LogP contribution >= 0.6 is 0 Å². The Hall–Kier alpha value is -14.0. The highest BCUT2D eigenvalue weighted by atomic mass is 19.4. The Labute approximate surface area is 530 Å². The molecule has 2 aromatic heterocycles. The molecule has 0 aliphatic heterocycles. The van der Waals surface area contributed by atoms with Crippen LogP contribution in [0.1, 0.15) is 61.2 Å². The van der Waals surface area contributed by atoms with Crippen LogP contribution in [0.15, 0.2) is 200 Å². The Balaban J connectivity index is 1.15. The number of hydrogen-bond acceptors (Lipinski definition) is 9. The van der Waals surface area contributed by atoms with Crippen molar-refractivity contribution in [2.24, 2.45) is 0 Å². The first-order valence-electron chi connectivity index (χ1n) is 28.4. The largest absolute Gasteiger partial charge is 0.417 e. The van der Waals surface area contributed by atoms with E-state index in [1.165, 1.54) is 36.4 Å². The summed E-state index contributed by atoms with van der Waals surface area (Å²) in [6.45, 7) is 0. The van der Waals surface area contributed by atoms with Crippen molar-refractivity contribution in [1.82, 2.24) is 9.13 Å². The fourth-order valence-electron chi connectivity index (χ4n) is 12.4. The van der Waals surface area contributed by atoms with E-state index in [1.807, 2.05) is 41.0 Å². The molecule has 0 atom stereocenters. The van der Waals surface area contributed by atoms with Gasteiger partial charge in [0.25, 0.3) is 0 Å². The molecule has 438 valence electrons. The van der Waals surface area contributed by atoms with Crippen molar-refractivity contribution in [3.8, 4) is 133 Å². The van der Waals surface area contributed by atoms with Gasteiger partial charge in [0.2, 0.25) is 0 Å². The summed E-state index contributed by atoms with van der Waals surface area (Å²) in [5.74, 6) is 0. The van der Waals surface area contributed by atoms with Gasteiger partial charge in [-0.15, -0.1) is 0 Å².